The molecule has 5 nitrogen and oxygen atoms in total. The van der Waals surface area contributed by atoms with Gasteiger partial charge >= 0.3 is 5.97 Å². The molecule has 0 unspecified atom stereocenters. The van der Waals surface area contributed by atoms with Crippen molar-refractivity contribution in [3.8, 4) is 0 Å². The molecule has 0 radical (unpaired) electrons. The lowest BCUT2D eigenvalue weighted by atomic mass is 10.1. The number of nitrogens with one attached hydrogen (secondary N) is 1. The van der Waals surface area contributed by atoms with Gasteiger partial charge in [0.15, 0.2) is 5.78 Å². The molecular weight excluding hydrogens is 220 g/mol. The quantitative estimate of drug-likeness (QED) is 0.789. The molecule has 0 fully saturated rings. The van der Waals surface area contributed by atoms with Crippen molar-refractivity contribution in [2.75, 3.05) is 0 Å². The van der Waals surface area contributed by atoms with Gasteiger partial charge in [-0.15, -0.1) is 0 Å². The largest absolute Gasteiger partial charge is 0.481 e. The molecule has 1 heterocycles. The third kappa shape index (κ3) is 2.50. The molecule has 2 N–H and O–H groups in total. The van der Waals surface area contributed by atoms with Crippen molar-refractivity contribution in [2.45, 2.75) is 19.8 Å². The summed E-state index contributed by atoms with van der Waals surface area (Å²) in [5.74, 6) is -0.339. The van der Waals surface area contributed by atoms with Crippen LogP contribution in [0.25, 0.3) is 11.0 Å². The first-order valence-electron chi connectivity index (χ1n) is 5.27. The molecule has 0 saturated heterocycles. The van der Waals surface area contributed by atoms with Gasteiger partial charge in [-0.2, -0.15) is 0 Å². The van der Waals surface area contributed by atoms with Crippen LogP contribution in [0, 0.1) is 6.92 Å². The number of H-pyrrole nitrogens is 1. The normalized spacial score (nSPS) is 10.6. The molecule has 0 aliphatic rings. The van der Waals surface area contributed by atoms with Crippen LogP contribution in [0.15, 0.2) is 18.2 Å². The topological polar surface area (TPSA) is 83.1 Å². The summed E-state index contributed by atoms with van der Waals surface area (Å²) in [5.41, 5.74) is 2.11. The highest BCUT2D eigenvalue weighted by molar-refractivity contribution is 5.99. The van der Waals surface area contributed by atoms with Gasteiger partial charge in [-0.25, -0.2) is 4.98 Å². The summed E-state index contributed by atoms with van der Waals surface area (Å²) in [6.07, 6.45) is -0.118. The molecule has 0 aliphatic heterocycles. The number of fused-ring (bicyclic) bond motifs is 1. The summed E-state index contributed by atoms with van der Waals surface area (Å²) in [6, 6.07) is 5.14. The fourth-order valence-electron chi connectivity index (χ4n) is 1.68. The number of carboxylic acids is 1. The van der Waals surface area contributed by atoms with Crippen molar-refractivity contribution in [1.82, 2.24) is 9.97 Å². The van der Waals surface area contributed by atoms with Crippen LogP contribution in [0.1, 0.15) is 29.0 Å². The Kier molecular flexibility index (Phi) is 2.91. The Morgan fingerprint density at radius 2 is 2.12 bits per heavy atom. The van der Waals surface area contributed by atoms with Crippen molar-refractivity contribution in [3.05, 3.63) is 29.6 Å². The maximum absolute atomic E-state index is 11.7. The number of rotatable bonds is 4. The minimum Gasteiger partial charge on any atom is -0.481 e. The number of aromatic nitrogens is 2. The van der Waals surface area contributed by atoms with E-state index in [1.807, 2.05) is 6.92 Å². The van der Waals surface area contributed by atoms with Crippen LogP contribution in [-0.2, 0) is 4.79 Å². The number of aryl methyl sites for hydroxylation is 1. The van der Waals surface area contributed by atoms with Crippen LogP contribution >= 0.6 is 0 Å². The highest BCUT2D eigenvalue weighted by Gasteiger charge is 2.10. The van der Waals surface area contributed by atoms with Crippen molar-refractivity contribution < 1.29 is 14.7 Å². The molecule has 0 spiro atoms. The van der Waals surface area contributed by atoms with Gasteiger partial charge in [0.2, 0.25) is 0 Å². The highest BCUT2D eigenvalue weighted by Crippen LogP contribution is 2.15. The zero-order valence-corrected chi connectivity index (χ0v) is 9.36. The van der Waals surface area contributed by atoms with Gasteiger partial charge in [0.25, 0.3) is 0 Å². The minimum atomic E-state index is -0.961. The zero-order valence-electron chi connectivity index (χ0n) is 9.36. The minimum absolute atomic E-state index is 0.0218. The summed E-state index contributed by atoms with van der Waals surface area (Å²) in [7, 11) is 0. The van der Waals surface area contributed by atoms with E-state index in [1.165, 1.54) is 0 Å². The Labute approximate surface area is 97.5 Å². The second-order valence-electron chi connectivity index (χ2n) is 3.87. The van der Waals surface area contributed by atoms with Gasteiger partial charge in [-0.1, -0.05) is 0 Å². The molecule has 0 bridgehead atoms. The van der Waals surface area contributed by atoms with Gasteiger partial charge in [0, 0.05) is 12.0 Å². The molecule has 0 atom stereocenters. The monoisotopic (exact) mass is 232 g/mol. The Morgan fingerprint density at radius 1 is 1.35 bits per heavy atom. The predicted molar refractivity (Wildman–Crippen MR) is 62.0 cm³/mol. The zero-order chi connectivity index (χ0) is 12.4. The number of carbonyl (C=O) groups is 2. The van der Waals surface area contributed by atoms with E-state index >= 15 is 0 Å². The summed E-state index contributed by atoms with van der Waals surface area (Å²) in [6.45, 7) is 1.84. The smallest absolute Gasteiger partial charge is 0.303 e. The van der Waals surface area contributed by atoms with E-state index in [-0.39, 0.29) is 18.6 Å². The molecule has 0 amide bonds. The number of hydrogen-bond acceptors (Lipinski definition) is 3. The van der Waals surface area contributed by atoms with E-state index in [0.717, 1.165) is 16.9 Å². The Balaban J connectivity index is 2.23. The molecule has 5 heteroatoms. The summed E-state index contributed by atoms with van der Waals surface area (Å²) < 4.78 is 0. The number of aromatic amines is 1. The number of ketones is 1. The second kappa shape index (κ2) is 4.37. The molecule has 17 heavy (non-hydrogen) atoms. The summed E-state index contributed by atoms with van der Waals surface area (Å²) in [4.78, 5) is 29.4. The Morgan fingerprint density at radius 3 is 2.82 bits per heavy atom. The molecule has 1 aromatic carbocycles. The van der Waals surface area contributed by atoms with Crippen molar-refractivity contribution in [2.24, 2.45) is 0 Å². The first-order chi connectivity index (χ1) is 8.06. The lowest BCUT2D eigenvalue weighted by molar-refractivity contribution is -0.136. The van der Waals surface area contributed by atoms with E-state index in [4.69, 9.17) is 5.11 Å². The third-order valence-electron chi connectivity index (χ3n) is 2.49. The molecule has 2 aromatic rings. The number of imidazole rings is 1. The lowest BCUT2D eigenvalue weighted by Crippen LogP contribution is -2.03. The Hall–Kier alpha value is -2.17. The van der Waals surface area contributed by atoms with E-state index < -0.39 is 5.97 Å². The Bertz CT molecular complexity index is 586. The lowest BCUT2D eigenvalue weighted by Gasteiger charge is -1.98. The predicted octanol–water partition coefficient (Wildman–Crippen LogP) is 1.92. The molecule has 0 saturated carbocycles. The number of hydrogen-bond donors (Lipinski definition) is 2. The van der Waals surface area contributed by atoms with E-state index in [1.54, 1.807) is 18.2 Å². The van der Waals surface area contributed by atoms with Gasteiger partial charge in [0.05, 0.1) is 17.5 Å². The van der Waals surface area contributed by atoms with E-state index in [2.05, 4.69) is 9.97 Å². The van der Waals surface area contributed by atoms with Crippen LogP contribution in [-0.4, -0.2) is 26.8 Å². The summed E-state index contributed by atoms with van der Waals surface area (Å²) in [5, 5.41) is 8.52. The molecule has 1 aromatic heterocycles. The van der Waals surface area contributed by atoms with E-state index in [9.17, 15) is 9.59 Å². The third-order valence-corrected chi connectivity index (χ3v) is 2.49. The maximum Gasteiger partial charge on any atom is 0.303 e. The van der Waals surface area contributed by atoms with Crippen LogP contribution in [0.3, 0.4) is 0 Å². The van der Waals surface area contributed by atoms with Crippen LogP contribution < -0.4 is 0 Å². The van der Waals surface area contributed by atoms with E-state index in [0.29, 0.717) is 5.56 Å². The van der Waals surface area contributed by atoms with Crippen LogP contribution in [0.2, 0.25) is 0 Å². The van der Waals surface area contributed by atoms with Crippen molar-refractivity contribution >= 4 is 22.8 Å². The standard InChI is InChI=1S/C12H12N2O3/c1-7-13-9-3-2-8(6-10(9)14-7)11(15)4-5-12(16)17/h2-3,6H,4-5H2,1H3,(H,13,14)(H,16,17). The number of benzene rings is 1. The SMILES string of the molecule is Cc1nc2ccc(C(=O)CCC(=O)O)cc2[nH]1. The van der Waals surface area contributed by atoms with Crippen LogP contribution in [0.5, 0.6) is 0 Å². The summed E-state index contributed by atoms with van der Waals surface area (Å²) >= 11 is 0. The number of nitrogens with zero attached hydrogens (tertiary/aromatic N) is 1. The van der Waals surface area contributed by atoms with Gasteiger partial charge in [0.1, 0.15) is 5.82 Å². The first kappa shape index (κ1) is 11.3. The van der Waals surface area contributed by atoms with Gasteiger partial charge in [-0.3, -0.25) is 9.59 Å². The van der Waals surface area contributed by atoms with Crippen molar-refractivity contribution in [1.29, 1.82) is 0 Å². The molecule has 0 aliphatic carbocycles. The number of carboxylic acid groups (broad SMARTS) is 1. The van der Waals surface area contributed by atoms with Crippen LogP contribution in [0.4, 0.5) is 0 Å². The average Bonchev–Trinajstić information content (AvgIpc) is 2.64. The number of aliphatic carboxylic acids is 1. The molecular formula is C12H12N2O3. The highest BCUT2D eigenvalue weighted by atomic mass is 16.4. The first-order valence-corrected chi connectivity index (χ1v) is 5.27. The fraction of sp³-hybridized carbons (Fsp3) is 0.250. The fourth-order valence-corrected chi connectivity index (χ4v) is 1.68. The van der Waals surface area contributed by atoms with Gasteiger partial charge in [-0.05, 0) is 25.1 Å². The number of carbonyl (C=O) groups excluding carboxylic acids is 1. The number of Topliss-reactive ketones (excluding diaryl/α,β-unsaturated/α-hetero) is 1. The molecule has 88 valence electrons. The maximum atomic E-state index is 11.7. The van der Waals surface area contributed by atoms with Crippen molar-refractivity contribution in [3.63, 3.8) is 0 Å². The molecule has 2 rings (SSSR count). The second-order valence-corrected chi connectivity index (χ2v) is 3.87. The van der Waals surface area contributed by atoms with Gasteiger partial charge < -0.3 is 10.1 Å². The average molecular weight is 232 g/mol.